The highest BCUT2D eigenvalue weighted by Gasteiger charge is 2.08. The first-order valence-corrected chi connectivity index (χ1v) is 6.81. The summed E-state index contributed by atoms with van der Waals surface area (Å²) in [5.74, 6) is 0. The van der Waals surface area contributed by atoms with Crippen LogP contribution in [0.25, 0.3) is 0 Å². The second-order valence-electron chi connectivity index (χ2n) is 3.49. The lowest BCUT2D eigenvalue weighted by atomic mass is 10.2. The second-order valence-corrected chi connectivity index (χ2v) is 5.97. The van der Waals surface area contributed by atoms with Crippen LogP contribution in [0.4, 0.5) is 5.69 Å². The number of rotatable bonds is 3. The maximum atomic E-state index is 6.18. The highest BCUT2D eigenvalue weighted by atomic mass is 35.5. The predicted molar refractivity (Wildman–Crippen MR) is 75.6 cm³/mol. The molecule has 1 heterocycles. The van der Waals surface area contributed by atoms with Crippen LogP contribution in [0, 0.1) is 6.92 Å². The van der Waals surface area contributed by atoms with Crippen molar-refractivity contribution in [2.45, 2.75) is 13.5 Å². The fourth-order valence-corrected chi connectivity index (χ4v) is 2.78. The van der Waals surface area contributed by atoms with Crippen molar-refractivity contribution in [2.75, 3.05) is 5.32 Å². The lowest BCUT2D eigenvalue weighted by Crippen LogP contribution is -1.99. The number of aromatic nitrogens is 1. The molecule has 0 radical (unpaired) electrons. The van der Waals surface area contributed by atoms with Crippen LogP contribution >= 0.6 is 46.1 Å². The Morgan fingerprint density at radius 2 is 2.06 bits per heavy atom. The van der Waals surface area contributed by atoms with E-state index in [0.717, 1.165) is 16.1 Å². The van der Waals surface area contributed by atoms with E-state index in [1.54, 1.807) is 6.20 Å². The van der Waals surface area contributed by atoms with E-state index >= 15 is 0 Å². The van der Waals surface area contributed by atoms with Crippen molar-refractivity contribution in [1.29, 1.82) is 0 Å². The Bertz CT molecular complexity index is 540. The highest BCUT2D eigenvalue weighted by molar-refractivity contribution is 7.15. The molecule has 6 heteroatoms. The molecule has 0 amide bonds. The van der Waals surface area contributed by atoms with Crippen molar-refractivity contribution in [3.05, 3.63) is 43.3 Å². The van der Waals surface area contributed by atoms with Gasteiger partial charge in [0.05, 0.1) is 22.3 Å². The fourth-order valence-electron chi connectivity index (χ4n) is 1.36. The Morgan fingerprint density at radius 1 is 1.29 bits per heavy atom. The molecule has 0 spiro atoms. The van der Waals surface area contributed by atoms with Gasteiger partial charge in [0.2, 0.25) is 0 Å². The molecule has 0 bridgehead atoms. The minimum atomic E-state index is 0.531. The molecule has 2 aromatic rings. The zero-order valence-electron chi connectivity index (χ0n) is 8.93. The molecule has 1 N–H and O–H groups in total. The monoisotopic (exact) mass is 306 g/mol. The number of halogens is 3. The summed E-state index contributed by atoms with van der Waals surface area (Å²) >= 11 is 19.5. The number of nitrogens with zero attached hydrogens (tertiary/aromatic N) is 1. The average molecular weight is 308 g/mol. The first-order chi connectivity index (χ1) is 8.08. The van der Waals surface area contributed by atoms with E-state index in [-0.39, 0.29) is 0 Å². The second kappa shape index (κ2) is 5.44. The third-order valence-electron chi connectivity index (χ3n) is 2.25. The van der Waals surface area contributed by atoms with Gasteiger partial charge in [-0.05, 0) is 18.6 Å². The Balaban J connectivity index is 2.16. The number of anilines is 1. The Hall–Kier alpha value is -0.480. The van der Waals surface area contributed by atoms with Gasteiger partial charge in [0.1, 0.15) is 0 Å². The third kappa shape index (κ3) is 3.05. The molecule has 0 saturated heterocycles. The van der Waals surface area contributed by atoms with Crippen LogP contribution in [-0.2, 0) is 6.54 Å². The Morgan fingerprint density at radius 3 is 2.71 bits per heavy atom. The van der Waals surface area contributed by atoms with Gasteiger partial charge in [0.15, 0.2) is 4.47 Å². The van der Waals surface area contributed by atoms with E-state index < -0.39 is 0 Å². The van der Waals surface area contributed by atoms with E-state index in [1.807, 2.05) is 19.1 Å². The van der Waals surface area contributed by atoms with Gasteiger partial charge in [-0.1, -0.05) is 40.9 Å². The highest BCUT2D eigenvalue weighted by Crippen LogP contribution is 2.33. The number of benzene rings is 1. The number of aryl methyl sites for hydroxylation is 1. The molecule has 0 aliphatic rings. The van der Waals surface area contributed by atoms with Crippen LogP contribution in [0.5, 0.6) is 0 Å². The van der Waals surface area contributed by atoms with Crippen molar-refractivity contribution in [2.24, 2.45) is 0 Å². The minimum Gasteiger partial charge on any atom is -0.378 e. The van der Waals surface area contributed by atoms with Crippen LogP contribution in [-0.4, -0.2) is 4.98 Å². The summed E-state index contributed by atoms with van der Waals surface area (Å²) in [6.07, 6.45) is 1.73. The first kappa shape index (κ1) is 13.0. The fraction of sp³-hybridized carbons (Fsp3) is 0.182. The summed E-state index contributed by atoms with van der Waals surface area (Å²) in [4.78, 5) is 5.00. The minimum absolute atomic E-state index is 0.531. The van der Waals surface area contributed by atoms with Crippen molar-refractivity contribution in [3.8, 4) is 0 Å². The van der Waals surface area contributed by atoms with Gasteiger partial charge in [-0.3, -0.25) is 0 Å². The maximum Gasteiger partial charge on any atom is 0.183 e. The molecule has 2 nitrogen and oxygen atoms in total. The topological polar surface area (TPSA) is 24.9 Å². The molecule has 1 aromatic carbocycles. The van der Waals surface area contributed by atoms with E-state index in [9.17, 15) is 0 Å². The normalized spacial score (nSPS) is 10.6. The van der Waals surface area contributed by atoms with Crippen molar-refractivity contribution in [1.82, 2.24) is 4.98 Å². The molecule has 17 heavy (non-hydrogen) atoms. The Kier molecular flexibility index (Phi) is 4.15. The zero-order chi connectivity index (χ0) is 12.4. The van der Waals surface area contributed by atoms with Crippen molar-refractivity contribution >= 4 is 51.8 Å². The van der Waals surface area contributed by atoms with Crippen molar-refractivity contribution in [3.63, 3.8) is 0 Å². The summed E-state index contributed by atoms with van der Waals surface area (Å²) in [6, 6.07) is 3.71. The zero-order valence-corrected chi connectivity index (χ0v) is 12.0. The maximum absolute atomic E-state index is 6.18. The summed E-state index contributed by atoms with van der Waals surface area (Å²) < 4.78 is 0.531. The molecule has 0 unspecified atom stereocenters. The van der Waals surface area contributed by atoms with Gasteiger partial charge in [0, 0.05) is 11.1 Å². The van der Waals surface area contributed by atoms with Crippen LogP contribution in [0.1, 0.15) is 10.4 Å². The summed E-state index contributed by atoms with van der Waals surface area (Å²) in [7, 11) is 0. The molecule has 0 atom stereocenters. The first-order valence-electron chi connectivity index (χ1n) is 4.86. The number of hydrogen-bond donors (Lipinski definition) is 1. The number of nitrogens with one attached hydrogen (secondary N) is 1. The standard InChI is InChI=1S/C11H9Cl3N2S/c1-6-2-3-8(12)10(9(6)13)15-4-7-5-16-11(14)17-7/h2-3,5,15H,4H2,1H3. The van der Waals surface area contributed by atoms with E-state index in [2.05, 4.69) is 10.3 Å². The lowest BCUT2D eigenvalue weighted by Gasteiger charge is -2.11. The van der Waals surface area contributed by atoms with Crippen LogP contribution in [0.3, 0.4) is 0 Å². The van der Waals surface area contributed by atoms with Gasteiger partial charge in [0.25, 0.3) is 0 Å². The third-order valence-corrected chi connectivity index (χ3v) is 4.17. The summed E-state index contributed by atoms with van der Waals surface area (Å²) in [5.41, 5.74) is 1.73. The SMILES string of the molecule is Cc1ccc(Cl)c(NCc2cnc(Cl)s2)c1Cl. The smallest absolute Gasteiger partial charge is 0.183 e. The number of thiazole rings is 1. The Labute approximate surface area is 119 Å². The van der Waals surface area contributed by atoms with Gasteiger partial charge in [-0.25, -0.2) is 4.98 Å². The van der Waals surface area contributed by atoms with Gasteiger partial charge in [-0.15, -0.1) is 11.3 Å². The number of hydrogen-bond acceptors (Lipinski definition) is 3. The van der Waals surface area contributed by atoms with E-state index in [1.165, 1.54) is 11.3 Å². The quantitative estimate of drug-likeness (QED) is 0.861. The van der Waals surface area contributed by atoms with Crippen LogP contribution < -0.4 is 5.32 Å². The molecule has 0 fully saturated rings. The largest absolute Gasteiger partial charge is 0.378 e. The predicted octanol–water partition coefficient (Wildman–Crippen LogP) is 5.02. The molecular weight excluding hydrogens is 299 g/mol. The molecule has 0 aliphatic heterocycles. The van der Waals surface area contributed by atoms with Gasteiger partial charge >= 0.3 is 0 Å². The molecular formula is C11H9Cl3N2S. The average Bonchev–Trinajstić information content (AvgIpc) is 2.70. The summed E-state index contributed by atoms with van der Waals surface area (Å²) in [6.45, 7) is 2.54. The lowest BCUT2D eigenvalue weighted by molar-refractivity contribution is 1.17. The van der Waals surface area contributed by atoms with E-state index in [4.69, 9.17) is 34.8 Å². The molecule has 1 aromatic heterocycles. The molecule has 90 valence electrons. The molecule has 0 aliphatic carbocycles. The van der Waals surface area contributed by atoms with E-state index in [0.29, 0.717) is 21.1 Å². The van der Waals surface area contributed by atoms with Crippen LogP contribution in [0.2, 0.25) is 14.5 Å². The van der Waals surface area contributed by atoms with Gasteiger partial charge in [-0.2, -0.15) is 0 Å². The van der Waals surface area contributed by atoms with Gasteiger partial charge < -0.3 is 5.32 Å². The van der Waals surface area contributed by atoms with Crippen molar-refractivity contribution < 1.29 is 0 Å². The van der Waals surface area contributed by atoms with Crippen LogP contribution in [0.15, 0.2) is 18.3 Å². The molecule has 0 saturated carbocycles. The summed E-state index contributed by atoms with van der Waals surface area (Å²) in [5, 5.41) is 4.45. The molecule has 2 rings (SSSR count).